The van der Waals surface area contributed by atoms with E-state index < -0.39 is 0 Å². The van der Waals surface area contributed by atoms with Gasteiger partial charge in [0, 0.05) is 39.3 Å². The van der Waals surface area contributed by atoms with Crippen molar-refractivity contribution in [3.05, 3.63) is 0 Å². The molecule has 0 spiro atoms. The van der Waals surface area contributed by atoms with Crippen LogP contribution in [0.5, 0.6) is 0 Å². The summed E-state index contributed by atoms with van der Waals surface area (Å²) in [6.07, 6.45) is 3.36. The summed E-state index contributed by atoms with van der Waals surface area (Å²) in [7, 11) is 0. The third kappa shape index (κ3) is 12.3. The maximum atomic E-state index is 8.74. The monoisotopic (exact) mass is 413 g/mol. The van der Waals surface area contributed by atoms with Crippen LogP contribution in [-0.2, 0) is 28.4 Å². The van der Waals surface area contributed by atoms with E-state index in [-0.39, 0.29) is 43.0 Å². The summed E-state index contributed by atoms with van der Waals surface area (Å²) in [5.41, 5.74) is 0. The first-order chi connectivity index (χ1) is 12.6. The number of rotatable bonds is 14. The number of hydrogen-bond donors (Lipinski definition) is 2. The van der Waals surface area contributed by atoms with Crippen LogP contribution in [0.3, 0.4) is 0 Å². The van der Waals surface area contributed by atoms with Crippen molar-refractivity contribution >= 4 is 0 Å². The Kier molecular flexibility index (Phi) is 18.6. The first kappa shape index (κ1) is 29.8. The highest BCUT2D eigenvalue weighted by Gasteiger charge is 2.40. The quantitative estimate of drug-likeness (QED) is 0.323. The zero-order valence-corrected chi connectivity index (χ0v) is 18.2. The fourth-order valence-electron chi connectivity index (χ4n) is 2.78. The fraction of sp³-hybridized carbons (Fsp3) is 1.00. The highest BCUT2D eigenvalue weighted by atomic mass is 16.7. The lowest BCUT2D eigenvalue weighted by Crippen LogP contribution is -2.20. The van der Waals surface area contributed by atoms with E-state index in [1.165, 1.54) is 0 Å². The number of aliphatic hydroxyl groups is 1. The van der Waals surface area contributed by atoms with Crippen LogP contribution in [0.15, 0.2) is 0 Å². The molecule has 9 heteroatoms. The molecule has 0 aromatic rings. The summed E-state index contributed by atoms with van der Waals surface area (Å²) < 4.78 is 32.1. The first-order valence-electron chi connectivity index (χ1n) is 10.0. The SMILES string of the molecule is CCOC(C[C@@H]1OC1CC)OCC.CCOC(C[C@@H]1OC1CO)OCC.N.O. The van der Waals surface area contributed by atoms with E-state index in [1.54, 1.807) is 0 Å². The van der Waals surface area contributed by atoms with Crippen LogP contribution in [0.4, 0.5) is 0 Å². The second-order valence-electron chi connectivity index (χ2n) is 6.17. The van der Waals surface area contributed by atoms with Crippen molar-refractivity contribution < 1.29 is 39.0 Å². The molecule has 2 aliphatic heterocycles. The highest BCUT2D eigenvalue weighted by Crippen LogP contribution is 2.30. The molecule has 2 saturated heterocycles. The van der Waals surface area contributed by atoms with Gasteiger partial charge < -0.3 is 45.2 Å². The molecule has 2 heterocycles. The van der Waals surface area contributed by atoms with E-state index in [0.717, 1.165) is 12.8 Å². The lowest BCUT2D eigenvalue weighted by Gasteiger charge is -2.15. The summed E-state index contributed by atoms with van der Waals surface area (Å²) >= 11 is 0. The van der Waals surface area contributed by atoms with Crippen LogP contribution < -0.4 is 6.15 Å². The van der Waals surface area contributed by atoms with Gasteiger partial charge in [0.25, 0.3) is 0 Å². The maximum Gasteiger partial charge on any atom is 0.160 e. The predicted molar refractivity (Wildman–Crippen MR) is 107 cm³/mol. The van der Waals surface area contributed by atoms with E-state index in [9.17, 15) is 0 Å². The van der Waals surface area contributed by atoms with Gasteiger partial charge in [0.2, 0.25) is 0 Å². The molecule has 2 aliphatic rings. The molecule has 2 fully saturated rings. The van der Waals surface area contributed by atoms with E-state index in [1.807, 2.05) is 27.7 Å². The fourth-order valence-corrected chi connectivity index (χ4v) is 2.78. The average Bonchev–Trinajstić information content (AvgIpc) is 3.53. The van der Waals surface area contributed by atoms with Crippen LogP contribution in [-0.4, -0.2) is 80.6 Å². The Morgan fingerprint density at radius 1 is 0.679 bits per heavy atom. The van der Waals surface area contributed by atoms with Gasteiger partial charge in [0.05, 0.1) is 24.9 Å². The normalized spacial score (nSPS) is 24.9. The van der Waals surface area contributed by atoms with Gasteiger partial charge in [-0.15, -0.1) is 0 Å². The van der Waals surface area contributed by atoms with Gasteiger partial charge in [0.1, 0.15) is 6.10 Å². The minimum atomic E-state index is -0.184. The summed E-state index contributed by atoms with van der Waals surface area (Å²) in [5, 5.41) is 8.74. The average molecular weight is 414 g/mol. The molecular formula is C19H43NO8. The zero-order valence-electron chi connectivity index (χ0n) is 18.2. The minimum Gasteiger partial charge on any atom is -0.412 e. The molecule has 0 aromatic carbocycles. The third-order valence-corrected chi connectivity index (χ3v) is 4.22. The number of ether oxygens (including phenoxy) is 6. The van der Waals surface area contributed by atoms with Gasteiger partial charge in [-0.2, -0.15) is 0 Å². The molecule has 0 aliphatic carbocycles. The standard InChI is InChI=1S/C10H20O3.C9H18O4.H3N.H2O/c1-4-8-9(13-8)7-10(11-5-2)12-6-3;1-3-11-9(12-4-2)5-7-8(6-10)13-7;;/h8-10H,4-7H2,1-3H3;7-10H,3-6H2,1-2H3;1H3;1H2/t8?,9-;7-,8?;;/m00../s1. The maximum absolute atomic E-state index is 8.74. The Balaban J connectivity index is 0. The summed E-state index contributed by atoms with van der Waals surface area (Å²) in [4.78, 5) is 0. The molecule has 172 valence electrons. The van der Waals surface area contributed by atoms with Gasteiger partial charge in [-0.25, -0.2) is 0 Å². The van der Waals surface area contributed by atoms with Crippen LogP contribution in [0, 0.1) is 0 Å². The Morgan fingerprint density at radius 3 is 1.29 bits per heavy atom. The zero-order chi connectivity index (χ0) is 19.4. The first-order valence-corrected chi connectivity index (χ1v) is 10.0. The molecule has 0 bridgehead atoms. The molecule has 9 nitrogen and oxygen atoms in total. The van der Waals surface area contributed by atoms with E-state index in [2.05, 4.69) is 6.92 Å². The van der Waals surface area contributed by atoms with Gasteiger partial charge >= 0.3 is 0 Å². The van der Waals surface area contributed by atoms with Crippen molar-refractivity contribution in [2.75, 3.05) is 33.0 Å². The lowest BCUT2D eigenvalue weighted by molar-refractivity contribution is -0.142. The van der Waals surface area contributed by atoms with Crippen molar-refractivity contribution in [1.82, 2.24) is 6.15 Å². The topological polar surface area (TPSA) is 149 Å². The largest absolute Gasteiger partial charge is 0.412 e. The van der Waals surface area contributed by atoms with Crippen molar-refractivity contribution in [3.8, 4) is 0 Å². The molecule has 0 saturated carbocycles. The summed E-state index contributed by atoms with van der Waals surface area (Å²) in [6, 6.07) is 0. The molecule has 2 unspecified atom stereocenters. The highest BCUT2D eigenvalue weighted by molar-refractivity contribution is 4.85. The van der Waals surface area contributed by atoms with Crippen molar-refractivity contribution in [2.45, 2.75) is 90.9 Å². The van der Waals surface area contributed by atoms with Gasteiger partial charge in [-0.05, 0) is 34.1 Å². The van der Waals surface area contributed by atoms with E-state index in [4.69, 9.17) is 33.5 Å². The summed E-state index contributed by atoms with van der Waals surface area (Å²) in [5.74, 6) is 0. The Hall–Kier alpha value is -0.360. The Labute approximate surface area is 169 Å². The van der Waals surface area contributed by atoms with Crippen molar-refractivity contribution in [2.24, 2.45) is 0 Å². The Morgan fingerprint density at radius 2 is 1.04 bits per heavy atom. The minimum absolute atomic E-state index is 0. The lowest BCUT2D eigenvalue weighted by atomic mass is 10.2. The predicted octanol–water partition coefficient (Wildman–Crippen LogP) is 1.83. The van der Waals surface area contributed by atoms with Crippen LogP contribution in [0.25, 0.3) is 0 Å². The van der Waals surface area contributed by atoms with Crippen LogP contribution in [0.2, 0.25) is 0 Å². The molecule has 0 aromatic heterocycles. The molecule has 4 atom stereocenters. The molecule has 28 heavy (non-hydrogen) atoms. The van der Waals surface area contributed by atoms with E-state index >= 15 is 0 Å². The number of hydrogen-bond acceptors (Lipinski definition) is 8. The van der Waals surface area contributed by atoms with Gasteiger partial charge in [-0.3, -0.25) is 0 Å². The van der Waals surface area contributed by atoms with Crippen molar-refractivity contribution in [3.63, 3.8) is 0 Å². The smallest absolute Gasteiger partial charge is 0.160 e. The Bertz CT molecular complexity index is 306. The van der Waals surface area contributed by atoms with Crippen molar-refractivity contribution in [1.29, 1.82) is 0 Å². The van der Waals surface area contributed by atoms with E-state index in [0.29, 0.717) is 45.1 Å². The second kappa shape index (κ2) is 17.5. The molecule has 0 radical (unpaired) electrons. The number of aliphatic hydroxyl groups excluding tert-OH is 1. The van der Waals surface area contributed by atoms with Gasteiger partial charge in [-0.1, -0.05) is 6.92 Å². The van der Waals surface area contributed by atoms with Crippen LogP contribution in [0.1, 0.15) is 53.9 Å². The molecule has 6 N–H and O–H groups in total. The molecule has 0 amide bonds. The van der Waals surface area contributed by atoms with Gasteiger partial charge in [0.15, 0.2) is 12.6 Å². The third-order valence-electron chi connectivity index (χ3n) is 4.22. The van der Waals surface area contributed by atoms with Crippen LogP contribution >= 0.6 is 0 Å². The summed E-state index contributed by atoms with van der Waals surface area (Å²) in [6.45, 7) is 12.8. The number of epoxide rings is 2. The molecular weight excluding hydrogens is 370 g/mol. The molecule has 2 rings (SSSR count). The second-order valence-corrected chi connectivity index (χ2v) is 6.17.